The number of anilines is 1. The van der Waals surface area contributed by atoms with E-state index in [0.717, 1.165) is 18.7 Å². The van der Waals surface area contributed by atoms with Gasteiger partial charge in [-0.1, -0.05) is 6.92 Å². The maximum atomic E-state index is 5.40. The first-order valence-corrected chi connectivity index (χ1v) is 7.11. The summed E-state index contributed by atoms with van der Waals surface area (Å²) in [5.41, 5.74) is 2.80. The highest BCUT2D eigenvalue weighted by molar-refractivity contribution is 5.53. The van der Waals surface area contributed by atoms with Gasteiger partial charge in [0.1, 0.15) is 5.75 Å². The summed E-state index contributed by atoms with van der Waals surface area (Å²) in [7, 11) is 3.93. The summed E-state index contributed by atoms with van der Waals surface area (Å²) in [5, 5.41) is 3.58. The number of ether oxygens (including phenoxy) is 1. The lowest BCUT2D eigenvalue weighted by atomic mass is 10.0. The van der Waals surface area contributed by atoms with Crippen molar-refractivity contribution in [3.8, 4) is 5.75 Å². The molecule has 0 spiro atoms. The third kappa shape index (κ3) is 3.03. The standard InChI is InChI=1S/C16H26N2O/c1-6-12-9-13(7-8-15(12)19-5)18(4)14-10-16(2,3)17-11-14/h7-9,14,17H,6,10-11H2,1-5H3. The predicted molar refractivity (Wildman–Crippen MR) is 81.3 cm³/mol. The van der Waals surface area contributed by atoms with Crippen LogP contribution in [0, 0.1) is 0 Å². The van der Waals surface area contributed by atoms with Gasteiger partial charge in [-0.2, -0.15) is 0 Å². The first-order chi connectivity index (χ1) is 8.96. The molecule has 1 fully saturated rings. The van der Waals surface area contributed by atoms with Gasteiger partial charge in [-0.25, -0.2) is 0 Å². The minimum absolute atomic E-state index is 0.249. The third-order valence-corrected chi connectivity index (χ3v) is 4.16. The van der Waals surface area contributed by atoms with Crippen molar-refractivity contribution in [2.45, 2.75) is 45.2 Å². The number of hydrogen-bond acceptors (Lipinski definition) is 3. The number of hydrogen-bond donors (Lipinski definition) is 1. The van der Waals surface area contributed by atoms with E-state index in [-0.39, 0.29) is 5.54 Å². The Morgan fingerprint density at radius 3 is 2.68 bits per heavy atom. The highest BCUT2D eigenvalue weighted by atomic mass is 16.5. The second-order valence-electron chi connectivity index (χ2n) is 6.08. The van der Waals surface area contributed by atoms with Crippen LogP contribution in [0.4, 0.5) is 5.69 Å². The Balaban J connectivity index is 2.18. The average molecular weight is 262 g/mol. The number of benzene rings is 1. The molecule has 106 valence electrons. The van der Waals surface area contributed by atoms with Crippen molar-refractivity contribution in [3.05, 3.63) is 23.8 Å². The van der Waals surface area contributed by atoms with Crippen LogP contribution >= 0.6 is 0 Å². The third-order valence-electron chi connectivity index (χ3n) is 4.16. The summed E-state index contributed by atoms with van der Waals surface area (Å²) in [4.78, 5) is 2.39. The molecule has 1 unspecified atom stereocenters. The van der Waals surface area contributed by atoms with Crippen molar-refractivity contribution in [3.63, 3.8) is 0 Å². The summed E-state index contributed by atoms with van der Waals surface area (Å²) in [6.07, 6.45) is 2.18. The number of aryl methyl sites for hydroxylation is 1. The van der Waals surface area contributed by atoms with Gasteiger partial charge in [-0.15, -0.1) is 0 Å². The van der Waals surface area contributed by atoms with Crippen LogP contribution in [0.25, 0.3) is 0 Å². The molecule has 1 atom stereocenters. The highest BCUT2D eigenvalue weighted by Gasteiger charge is 2.32. The SMILES string of the molecule is CCc1cc(N(C)C2CNC(C)(C)C2)ccc1OC. The van der Waals surface area contributed by atoms with Gasteiger partial charge in [-0.3, -0.25) is 0 Å². The van der Waals surface area contributed by atoms with E-state index in [9.17, 15) is 0 Å². The molecular weight excluding hydrogens is 236 g/mol. The molecule has 19 heavy (non-hydrogen) atoms. The number of methoxy groups -OCH3 is 1. The van der Waals surface area contributed by atoms with Crippen molar-refractivity contribution in [1.82, 2.24) is 5.32 Å². The van der Waals surface area contributed by atoms with Gasteiger partial charge in [0.2, 0.25) is 0 Å². The highest BCUT2D eigenvalue weighted by Crippen LogP contribution is 2.29. The molecule has 3 nitrogen and oxygen atoms in total. The van der Waals surface area contributed by atoms with Crippen LogP contribution in [-0.4, -0.2) is 32.3 Å². The fourth-order valence-corrected chi connectivity index (χ4v) is 2.87. The van der Waals surface area contributed by atoms with Gasteiger partial charge in [-0.05, 0) is 50.5 Å². The Morgan fingerprint density at radius 2 is 2.16 bits per heavy atom. The van der Waals surface area contributed by atoms with Crippen LogP contribution in [0.3, 0.4) is 0 Å². The van der Waals surface area contributed by atoms with Crippen molar-refractivity contribution >= 4 is 5.69 Å². The fourth-order valence-electron chi connectivity index (χ4n) is 2.87. The van der Waals surface area contributed by atoms with E-state index in [1.807, 2.05) is 0 Å². The van der Waals surface area contributed by atoms with Crippen LogP contribution in [0.2, 0.25) is 0 Å². The Hall–Kier alpha value is -1.22. The van der Waals surface area contributed by atoms with E-state index in [2.05, 4.69) is 56.2 Å². The largest absolute Gasteiger partial charge is 0.496 e. The first kappa shape index (κ1) is 14.2. The fraction of sp³-hybridized carbons (Fsp3) is 0.625. The topological polar surface area (TPSA) is 24.5 Å². The Morgan fingerprint density at radius 1 is 1.42 bits per heavy atom. The van der Waals surface area contributed by atoms with E-state index in [4.69, 9.17) is 4.74 Å². The normalized spacial score (nSPS) is 21.4. The molecule has 0 bridgehead atoms. The molecule has 1 N–H and O–H groups in total. The van der Waals surface area contributed by atoms with Crippen LogP contribution in [0.5, 0.6) is 5.75 Å². The van der Waals surface area contributed by atoms with Gasteiger partial charge >= 0.3 is 0 Å². The number of nitrogens with one attached hydrogen (secondary N) is 1. The van der Waals surface area contributed by atoms with Crippen molar-refractivity contribution < 1.29 is 4.74 Å². The maximum Gasteiger partial charge on any atom is 0.122 e. The van der Waals surface area contributed by atoms with E-state index in [0.29, 0.717) is 6.04 Å². The summed E-state index contributed by atoms with van der Waals surface area (Å²) >= 11 is 0. The number of likely N-dealkylation sites (N-methyl/N-ethyl adjacent to an activating group) is 1. The second-order valence-corrected chi connectivity index (χ2v) is 6.08. The molecule has 3 heteroatoms. The van der Waals surface area contributed by atoms with E-state index in [1.165, 1.54) is 17.7 Å². The predicted octanol–water partition coefficient (Wildman–Crippen LogP) is 2.83. The van der Waals surface area contributed by atoms with E-state index < -0.39 is 0 Å². The molecule has 0 saturated carbocycles. The van der Waals surface area contributed by atoms with Gasteiger partial charge in [0.05, 0.1) is 7.11 Å². The van der Waals surface area contributed by atoms with E-state index >= 15 is 0 Å². The van der Waals surface area contributed by atoms with Gasteiger partial charge in [0.25, 0.3) is 0 Å². The average Bonchev–Trinajstić information content (AvgIpc) is 2.77. The van der Waals surface area contributed by atoms with E-state index in [1.54, 1.807) is 7.11 Å². The number of nitrogens with zero attached hydrogens (tertiary/aromatic N) is 1. The Kier molecular flexibility index (Phi) is 4.04. The molecule has 0 amide bonds. The van der Waals surface area contributed by atoms with Crippen molar-refractivity contribution in [1.29, 1.82) is 0 Å². The zero-order valence-corrected chi connectivity index (χ0v) is 12.8. The van der Waals surface area contributed by atoms with Gasteiger partial charge < -0.3 is 15.0 Å². The van der Waals surface area contributed by atoms with Crippen LogP contribution < -0.4 is 15.0 Å². The summed E-state index contributed by atoms with van der Waals surface area (Å²) in [6, 6.07) is 7.05. The molecule has 1 aromatic rings. The lowest BCUT2D eigenvalue weighted by Crippen LogP contribution is -2.33. The lowest BCUT2D eigenvalue weighted by Gasteiger charge is -2.28. The summed E-state index contributed by atoms with van der Waals surface area (Å²) in [5.74, 6) is 0.990. The minimum Gasteiger partial charge on any atom is -0.496 e. The zero-order chi connectivity index (χ0) is 14.0. The molecule has 1 aliphatic rings. The van der Waals surface area contributed by atoms with Gasteiger partial charge in [0, 0.05) is 30.9 Å². The van der Waals surface area contributed by atoms with Crippen LogP contribution in [0.15, 0.2) is 18.2 Å². The molecule has 1 aliphatic heterocycles. The van der Waals surface area contributed by atoms with Crippen molar-refractivity contribution in [2.75, 3.05) is 25.6 Å². The van der Waals surface area contributed by atoms with Crippen molar-refractivity contribution in [2.24, 2.45) is 0 Å². The van der Waals surface area contributed by atoms with Gasteiger partial charge in [0.15, 0.2) is 0 Å². The molecule has 1 heterocycles. The maximum absolute atomic E-state index is 5.40. The molecule has 1 aromatic carbocycles. The Labute approximate surface area is 116 Å². The summed E-state index contributed by atoms with van der Waals surface area (Å²) in [6.45, 7) is 7.76. The molecule has 2 rings (SSSR count). The molecule has 0 aliphatic carbocycles. The number of rotatable bonds is 4. The van der Waals surface area contributed by atoms with Crippen LogP contribution in [0.1, 0.15) is 32.8 Å². The molecule has 1 saturated heterocycles. The smallest absolute Gasteiger partial charge is 0.122 e. The molecule has 0 radical (unpaired) electrons. The minimum atomic E-state index is 0.249. The first-order valence-electron chi connectivity index (χ1n) is 7.11. The molecular formula is C16H26N2O. The Bertz CT molecular complexity index is 442. The second kappa shape index (κ2) is 5.41. The molecule has 0 aromatic heterocycles. The van der Waals surface area contributed by atoms with Crippen LogP contribution in [-0.2, 0) is 6.42 Å². The summed E-state index contributed by atoms with van der Waals surface area (Å²) < 4.78 is 5.40. The quantitative estimate of drug-likeness (QED) is 0.903. The zero-order valence-electron chi connectivity index (χ0n) is 12.8. The lowest BCUT2D eigenvalue weighted by molar-refractivity contribution is 0.410. The monoisotopic (exact) mass is 262 g/mol.